The van der Waals surface area contributed by atoms with Crippen LogP contribution in [-0.4, -0.2) is 37.6 Å². The Kier molecular flexibility index (Phi) is 5.47. The summed E-state index contributed by atoms with van der Waals surface area (Å²) in [5, 5.41) is 6.30. The minimum atomic E-state index is 0.173. The molecule has 0 radical (unpaired) electrons. The van der Waals surface area contributed by atoms with Gasteiger partial charge in [0, 0.05) is 13.1 Å². The first-order valence-electron chi connectivity index (χ1n) is 5.62. The molecule has 0 aromatic rings. The van der Waals surface area contributed by atoms with Crippen molar-refractivity contribution in [1.82, 2.24) is 10.6 Å². The fourth-order valence-electron chi connectivity index (χ4n) is 1.91. The zero-order valence-electron chi connectivity index (χ0n) is 9.88. The standard InChI is InChI=1S/C11H22N2OS/c1-8(7-15-3)4-13-11(14)10-6-12-5-9(10)2/h8-10,12H,4-7H2,1-3H3,(H,13,14)/t8?,9-,10-/m1/s1. The average molecular weight is 230 g/mol. The van der Waals surface area contributed by atoms with Crippen LogP contribution in [0.2, 0.25) is 0 Å². The molecule has 4 heteroatoms. The summed E-state index contributed by atoms with van der Waals surface area (Å²) in [6.07, 6.45) is 2.10. The molecular weight excluding hydrogens is 208 g/mol. The molecule has 0 spiro atoms. The van der Waals surface area contributed by atoms with Crippen molar-refractivity contribution in [3.05, 3.63) is 0 Å². The van der Waals surface area contributed by atoms with Gasteiger partial charge < -0.3 is 10.6 Å². The third kappa shape index (κ3) is 4.03. The van der Waals surface area contributed by atoms with E-state index >= 15 is 0 Å². The maximum absolute atomic E-state index is 11.8. The lowest BCUT2D eigenvalue weighted by Crippen LogP contribution is -2.37. The van der Waals surface area contributed by atoms with Crippen LogP contribution in [0, 0.1) is 17.8 Å². The predicted molar refractivity (Wildman–Crippen MR) is 66.1 cm³/mol. The highest BCUT2D eigenvalue weighted by Gasteiger charge is 2.29. The SMILES string of the molecule is CSCC(C)CNC(=O)[C@@H]1CNC[C@H]1C. The van der Waals surface area contributed by atoms with Gasteiger partial charge in [0.1, 0.15) is 0 Å². The molecule has 0 aliphatic carbocycles. The summed E-state index contributed by atoms with van der Waals surface area (Å²) in [7, 11) is 0. The molecule has 0 bridgehead atoms. The number of rotatable bonds is 5. The van der Waals surface area contributed by atoms with Gasteiger partial charge in [-0.3, -0.25) is 4.79 Å². The summed E-state index contributed by atoms with van der Waals surface area (Å²) in [6.45, 7) is 6.92. The summed E-state index contributed by atoms with van der Waals surface area (Å²) in [4.78, 5) is 11.8. The Balaban J connectivity index is 2.23. The van der Waals surface area contributed by atoms with Crippen molar-refractivity contribution in [3.63, 3.8) is 0 Å². The number of hydrogen-bond acceptors (Lipinski definition) is 3. The summed E-state index contributed by atoms with van der Waals surface area (Å²) in [5.74, 6) is 2.54. The van der Waals surface area contributed by atoms with Gasteiger partial charge in [-0.25, -0.2) is 0 Å². The lowest BCUT2D eigenvalue weighted by Gasteiger charge is -2.16. The smallest absolute Gasteiger partial charge is 0.224 e. The molecule has 1 aliphatic rings. The van der Waals surface area contributed by atoms with Crippen LogP contribution in [0.3, 0.4) is 0 Å². The second-order valence-electron chi connectivity index (χ2n) is 4.55. The van der Waals surface area contributed by atoms with E-state index in [1.165, 1.54) is 0 Å². The van der Waals surface area contributed by atoms with Gasteiger partial charge in [-0.15, -0.1) is 0 Å². The number of amides is 1. The van der Waals surface area contributed by atoms with Crippen LogP contribution in [0.5, 0.6) is 0 Å². The minimum absolute atomic E-state index is 0.173. The third-order valence-corrected chi connectivity index (χ3v) is 3.83. The molecule has 3 atom stereocenters. The topological polar surface area (TPSA) is 41.1 Å². The first-order valence-corrected chi connectivity index (χ1v) is 7.02. The molecule has 0 saturated carbocycles. The van der Waals surface area contributed by atoms with E-state index in [4.69, 9.17) is 0 Å². The van der Waals surface area contributed by atoms with E-state index < -0.39 is 0 Å². The molecule has 0 aromatic carbocycles. The van der Waals surface area contributed by atoms with E-state index in [0.717, 1.165) is 25.4 Å². The Hall–Kier alpha value is -0.220. The summed E-state index contributed by atoms with van der Waals surface area (Å²) >= 11 is 1.83. The Labute approximate surface area is 96.8 Å². The number of nitrogens with one attached hydrogen (secondary N) is 2. The van der Waals surface area contributed by atoms with Gasteiger partial charge in [0.2, 0.25) is 5.91 Å². The molecule has 3 nitrogen and oxygen atoms in total. The summed E-state index contributed by atoms with van der Waals surface area (Å²) in [5.41, 5.74) is 0. The van der Waals surface area contributed by atoms with Crippen LogP contribution in [0.4, 0.5) is 0 Å². The molecular formula is C11H22N2OS. The molecule has 1 saturated heterocycles. The normalized spacial score (nSPS) is 27.7. The lowest BCUT2D eigenvalue weighted by molar-refractivity contribution is -0.125. The first kappa shape index (κ1) is 12.8. The monoisotopic (exact) mass is 230 g/mol. The summed E-state index contributed by atoms with van der Waals surface area (Å²) in [6, 6.07) is 0. The van der Waals surface area contributed by atoms with Crippen molar-refractivity contribution >= 4 is 17.7 Å². The number of carbonyl (C=O) groups is 1. The number of hydrogen-bond donors (Lipinski definition) is 2. The summed E-state index contributed by atoms with van der Waals surface area (Å²) < 4.78 is 0. The van der Waals surface area contributed by atoms with Crippen LogP contribution in [0.1, 0.15) is 13.8 Å². The van der Waals surface area contributed by atoms with Gasteiger partial charge in [0.25, 0.3) is 0 Å². The third-order valence-electron chi connectivity index (χ3n) is 2.93. The van der Waals surface area contributed by atoms with Crippen molar-refractivity contribution < 1.29 is 4.79 Å². The van der Waals surface area contributed by atoms with E-state index in [-0.39, 0.29) is 11.8 Å². The molecule has 1 heterocycles. The van der Waals surface area contributed by atoms with Crippen LogP contribution >= 0.6 is 11.8 Å². The number of thioether (sulfide) groups is 1. The predicted octanol–water partition coefficient (Wildman–Crippen LogP) is 0.957. The molecule has 0 aromatic heterocycles. The van der Waals surface area contributed by atoms with Gasteiger partial charge in [0.15, 0.2) is 0 Å². The van der Waals surface area contributed by atoms with E-state index in [1.54, 1.807) is 0 Å². The Morgan fingerprint density at radius 1 is 1.60 bits per heavy atom. The number of carbonyl (C=O) groups excluding carboxylic acids is 1. The maximum Gasteiger partial charge on any atom is 0.224 e. The van der Waals surface area contributed by atoms with Gasteiger partial charge in [0.05, 0.1) is 5.92 Å². The Morgan fingerprint density at radius 2 is 2.33 bits per heavy atom. The second kappa shape index (κ2) is 6.38. The zero-order chi connectivity index (χ0) is 11.3. The van der Waals surface area contributed by atoms with Crippen molar-refractivity contribution in [2.75, 3.05) is 31.6 Å². The molecule has 1 unspecified atom stereocenters. The molecule has 1 aliphatic heterocycles. The maximum atomic E-state index is 11.8. The fourth-order valence-corrected chi connectivity index (χ4v) is 2.60. The molecule has 2 N–H and O–H groups in total. The quantitative estimate of drug-likeness (QED) is 0.739. The van der Waals surface area contributed by atoms with Crippen LogP contribution in [0.25, 0.3) is 0 Å². The van der Waals surface area contributed by atoms with E-state index in [1.807, 2.05) is 11.8 Å². The van der Waals surface area contributed by atoms with E-state index in [2.05, 4.69) is 30.7 Å². The second-order valence-corrected chi connectivity index (χ2v) is 5.46. The van der Waals surface area contributed by atoms with Gasteiger partial charge in [-0.1, -0.05) is 13.8 Å². The first-order chi connectivity index (χ1) is 7.15. The van der Waals surface area contributed by atoms with Gasteiger partial charge in [-0.05, 0) is 30.4 Å². The van der Waals surface area contributed by atoms with Crippen molar-refractivity contribution in [2.24, 2.45) is 17.8 Å². The van der Waals surface area contributed by atoms with Crippen molar-refractivity contribution in [2.45, 2.75) is 13.8 Å². The van der Waals surface area contributed by atoms with Gasteiger partial charge in [-0.2, -0.15) is 11.8 Å². The average Bonchev–Trinajstić information content (AvgIpc) is 2.61. The Bertz CT molecular complexity index is 211. The molecule has 88 valence electrons. The highest BCUT2D eigenvalue weighted by atomic mass is 32.2. The van der Waals surface area contributed by atoms with Crippen molar-refractivity contribution in [1.29, 1.82) is 0 Å². The highest BCUT2D eigenvalue weighted by molar-refractivity contribution is 7.98. The highest BCUT2D eigenvalue weighted by Crippen LogP contribution is 2.15. The Morgan fingerprint density at radius 3 is 2.87 bits per heavy atom. The van der Waals surface area contributed by atoms with E-state index in [9.17, 15) is 4.79 Å². The van der Waals surface area contributed by atoms with Gasteiger partial charge >= 0.3 is 0 Å². The molecule has 1 rings (SSSR count). The molecule has 1 amide bonds. The molecule has 15 heavy (non-hydrogen) atoms. The van der Waals surface area contributed by atoms with Crippen LogP contribution in [0.15, 0.2) is 0 Å². The minimum Gasteiger partial charge on any atom is -0.356 e. The van der Waals surface area contributed by atoms with Crippen LogP contribution in [-0.2, 0) is 4.79 Å². The largest absolute Gasteiger partial charge is 0.356 e. The fraction of sp³-hybridized carbons (Fsp3) is 0.909. The van der Waals surface area contributed by atoms with Crippen LogP contribution < -0.4 is 10.6 Å². The lowest BCUT2D eigenvalue weighted by atomic mass is 9.97. The van der Waals surface area contributed by atoms with E-state index in [0.29, 0.717) is 11.8 Å². The van der Waals surface area contributed by atoms with Crippen molar-refractivity contribution in [3.8, 4) is 0 Å². The molecule has 1 fully saturated rings. The zero-order valence-corrected chi connectivity index (χ0v) is 10.7.